The van der Waals surface area contributed by atoms with Gasteiger partial charge < -0.3 is 9.53 Å². The van der Waals surface area contributed by atoms with Gasteiger partial charge in [-0.2, -0.15) is 0 Å². The molecule has 0 aliphatic carbocycles. The molecule has 1 fully saturated rings. The Morgan fingerprint density at radius 1 is 1.29 bits per heavy atom. The molecule has 0 atom stereocenters. The SMILES string of the molecule is CC.CC(=O)CCCN1CCOCC1. The molecule has 0 unspecified atom stereocenters. The van der Waals surface area contributed by atoms with Crippen LogP contribution in [0.25, 0.3) is 0 Å². The first-order valence-electron chi connectivity index (χ1n) is 5.58. The number of ether oxygens (including phenoxy) is 1. The molecule has 0 saturated carbocycles. The predicted molar refractivity (Wildman–Crippen MR) is 58.5 cm³/mol. The van der Waals surface area contributed by atoms with E-state index in [2.05, 4.69) is 4.90 Å². The van der Waals surface area contributed by atoms with E-state index in [1.165, 1.54) is 0 Å². The molecule has 0 aromatic rings. The third-order valence-electron chi connectivity index (χ3n) is 2.11. The zero-order valence-electron chi connectivity index (χ0n) is 9.71. The lowest BCUT2D eigenvalue weighted by Crippen LogP contribution is -2.36. The highest BCUT2D eigenvalue weighted by Gasteiger charge is 2.09. The van der Waals surface area contributed by atoms with Crippen molar-refractivity contribution >= 4 is 5.78 Å². The quantitative estimate of drug-likeness (QED) is 0.693. The Hall–Kier alpha value is -0.410. The van der Waals surface area contributed by atoms with E-state index in [0.29, 0.717) is 5.78 Å². The number of morpholine rings is 1. The van der Waals surface area contributed by atoms with Crippen molar-refractivity contribution in [2.45, 2.75) is 33.6 Å². The Bertz CT molecular complexity index is 142. The van der Waals surface area contributed by atoms with Crippen LogP contribution in [0.3, 0.4) is 0 Å². The second-order valence-corrected chi connectivity index (χ2v) is 3.26. The van der Waals surface area contributed by atoms with Gasteiger partial charge in [0.25, 0.3) is 0 Å². The van der Waals surface area contributed by atoms with Gasteiger partial charge in [0.15, 0.2) is 0 Å². The Morgan fingerprint density at radius 3 is 2.36 bits per heavy atom. The van der Waals surface area contributed by atoms with Crippen molar-refractivity contribution in [3.8, 4) is 0 Å². The van der Waals surface area contributed by atoms with E-state index < -0.39 is 0 Å². The Labute approximate surface area is 87.4 Å². The number of hydrogen-bond donors (Lipinski definition) is 0. The number of ketones is 1. The van der Waals surface area contributed by atoms with E-state index in [0.717, 1.165) is 45.7 Å². The van der Waals surface area contributed by atoms with Crippen molar-refractivity contribution in [3.05, 3.63) is 0 Å². The maximum Gasteiger partial charge on any atom is 0.129 e. The molecule has 0 bridgehead atoms. The smallest absolute Gasteiger partial charge is 0.129 e. The lowest BCUT2D eigenvalue weighted by molar-refractivity contribution is -0.117. The summed E-state index contributed by atoms with van der Waals surface area (Å²) < 4.78 is 5.22. The second-order valence-electron chi connectivity index (χ2n) is 3.26. The van der Waals surface area contributed by atoms with E-state index in [-0.39, 0.29) is 0 Å². The average Bonchev–Trinajstić information content (AvgIpc) is 2.22. The largest absolute Gasteiger partial charge is 0.379 e. The van der Waals surface area contributed by atoms with Crippen LogP contribution in [-0.2, 0) is 9.53 Å². The van der Waals surface area contributed by atoms with Gasteiger partial charge in [-0.05, 0) is 19.9 Å². The molecular weight excluding hydrogens is 178 g/mol. The van der Waals surface area contributed by atoms with Gasteiger partial charge >= 0.3 is 0 Å². The Balaban J connectivity index is 0.000000791. The number of rotatable bonds is 4. The number of Topliss-reactive ketones (excluding diaryl/α,β-unsaturated/α-hetero) is 1. The zero-order chi connectivity index (χ0) is 10.8. The summed E-state index contributed by atoms with van der Waals surface area (Å²) in [6.07, 6.45) is 1.71. The van der Waals surface area contributed by atoms with Crippen LogP contribution in [0.15, 0.2) is 0 Å². The first-order valence-corrected chi connectivity index (χ1v) is 5.58. The molecule has 0 N–H and O–H groups in total. The van der Waals surface area contributed by atoms with Crippen LogP contribution < -0.4 is 0 Å². The van der Waals surface area contributed by atoms with E-state index in [1.54, 1.807) is 6.92 Å². The van der Waals surface area contributed by atoms with E-state index in [4.69, 9.17) is 4.74 Å². The molecule has 0 radical (unpaired) electrons. The number of nitrogens with zero attached hydrogens (tertiary/aromatic N) is 1. The maximum absolute atomic E-state index is 10.6. The summed E-state index contributed by atoms with van der Waals surface area (Å²) in [6, 6.07) is 0. The monoisotopic (exact) mass is 201 g/mol. The summed E-state index contributed by atoms with van der Waals surface area (Å²) >= 11 is 0. The first-order chi connectivity index (χ1) is 6.79. The summed E-state index contributed by atoms with van der Waals surface area (Å²) in [4.78, 5) is 13.0. The maximum atomic E-state index is 10.6. The van der Waals surface area contributed by atoms with Crippen molar-refractivity contribution in [2.24, 2.45) is 0 Å². The molecule has 0 aromatic carbocycles. The molecule has 1 saturated heterocycles. The van der Waals surface area contributed by atoms with Gasteiger partial charge in [-0.3, -0.25) is 4.90 Å². The van der Waals surface area contributed by atoms with Crippen molar-refractivity contribution in [1.29, 1.82) is 0 Å². The first kappa shape index (κ1) is 13.6. The zero-order valence-corrected chi connectivity index (χ0v) is 9.71. The van der Waals surface area contributed by atoms with Crippen LogP contribution in [0, 0.1) is 0 Å². The van der Waals surface area contributed by atoms with Crippen molar-refractivity contribution in [1.82, 2.24) is 4.90 Å². The van der Waals surface area contributed by atoms with Crippen LogP contribution in [0.4, 0.5) is 0 Å². The minimum atomic E-state index is 0.295. The van der Waals surface area contributed by atoms with Crippen LogP contribution in [0.2, 0.25) is 0 Å². The summed E-state index contributed by atoms with van der Waals surface area (Å²) in [5, 5.41) is 0. The molecule has 14 heavy (non-hydrogen) atoms. The standard InChI is InChI=1S/C9H17NO2.C2H6/c1-9(11)3-2-4-10-5-7-12-8-6-10;1-2/h2-8H2,1H3;1-2H3. The highest BCUT2D eigenvalue weighted by molar-refractivity contribution is 5.75. The minimum Gasteiger partial charge on any atom is -0.379 e. The molecule has 84 valence electrons. The fraction of sp³-hybridized carbons (Fsp3) is 0.909. The molecule has 3 heteroatoms. The number of hydrogen-bond acceptors (Lipinski definition) is 3. The third-order valence-corrected chi connectivity index (χ3v) is 2.11. The molecule has 0 aromatic heterocycles. The van der Waals surface area contributed by atoms with Gasteiger partial charge in [-0.1, -0.05) is 13.8 Å². The van der Waals surface area contributed by atoms with Crippen molar-refractivity contribution in [3.63, 3.8) is 0 Å². The highest BCUT2D eigenvalue weighted by atomic mass is 16.5. The molecule has 1 rings (SSSR count). The molecule has 3 nitrogen and oxygen atoms in total. The normalized spacial score (nSPS) is 17.1. The lowest BCUT2D eigenvalue weighted by Gasteiger charge is -2.26. The van der Waals surface area contributed by atoms with Gasteiger partial charge in [0.05, 0.1) is 13.2 Å². The Morgan fingerprint density at radius 2 is 1.86 bits per heavy atom. The van der Waals surface area contributed by atoms with E-state index in [9.17, 15) is 4.79 Å². The topological polar surface area (TPSA) is 29.5 Å². The van der Waals surface area contributed by atoms with Crippen LogP contribution in [-0.4, -0.2) is 43.5 Å². The summed E-state index contributed by atoms with van der Waals surface area (Å²) in [5.41, 5.74) is 0. The van der Waals surface area contributed by atoms with Gasteiger partial charge in [-0.25, -0.2) is 0 Å². The van der Waals surface area contributed by atoms with Crippen LogP contribution in [0.5, 0.6) is 0 Å². The van der Waals surface area contributed by atoms with Crippen LogP contribution >= 0.6 is 0 Å². The summed E-state index contributed by atoms with van der Waals surface area (Å²) in [7, 11) is 0. The lowest BCUT2D eigenvalue weighted by atomic mass is 10.2. The van der Waals surface area contributed by atoms with E-state index >= 15 is 0 Å². The highest BCUT2D eigenvalue weighted by Crippen LogP contribution is 2.00. The van der Waals surface area contributed by atoms with Gasteiger partial charge in [0.1, 0.15) is 5.78 Å². The molecule has 0 amide bonds. The third kappa shape index (κ3) is 7.04. The molecule has 1 aliphatic rings. The minimum absolute atomic E-state index is 0.295. The van der Waals surface area contributed by atoms with Crippen molar-refractivity contribution < 1.29 is 9.53 Å². The second kappa shape index (κ2) is 9.16. The number of carbonyl (C=O) groups excluding carboxylic acids is 1. The van der Waals surface area contributed by atoms with E-state index in [1.807, 2.05) is 13.8 Å². The molecule has 1 heterocycles. The summed E-state index contributed by atoms with van der Waals surface area (Å²) in [6.45, 7) is 10.4. The number of carbonyl (C=O) groups is 1. The summed E-state index contributed by atoms with van der Waals surface area (Å²) in [5.74, 6) is 0.295. The fourth-order valence-electron chi connectivity index (χ4n) is 1.38. The molecule has 1 aliphatic heterocycles. The van der Waals surface area contributed by atoms with Gasteiger partial charge in [0, 0.05) is 19.5 Å². The molecule has 0 spiro atoms. The van der Waals surface area contributed by atoms with Gasteiger partial charge in [-0.15, -0.1) is 0 Å². The predicted octanol–water partition coefficient (Wildman–Crippen LogP) is 1.71. The van der Waals surface area contributed by atoms with Gasteiger partial charge in [0.2, 0.25) is 0 Å². The fourth-order valence-corrected chi connectivity index (χ4v) is 1.38. The van der Waals surface area contributed by atoms with Crippen LogP contribution in [0.1, 0.15) is 33.6 Å². The van der Waals surface area contributed by atoms with Crippen molar-refractivity contribution in [2.75, 3.05) is 32.8 Å². The Kier molecular flexibility index (Phi) is 8.89. The average molecular weight is 201 g/mol. The molecular formula is C11H23NO2.